The third kappa shape index (κ3) is 4.87. The van der Waals surface area contributed by atoms with Crippen LogP contribution in [-0.4, -0.2) is 60.9 Å². The predicted molar refractivity (Wildman–Crippen MR) is 106 cm³/mol. The lowest BCUT2D eigenvalue weighted by Gasteiger charge is -2.34. The van der Waals surface area contributed by atoms with Crippen molar-refractivity contribution in [1.29, 1.82) is 0 Å². The second-order valence-electron chi connectivity index (χ2n) is 7.59. The van der Waals surface area contributed by atoms with E-state index < -0.39 is 11.8 Å². The van der Waals surface area contributed by atoms with Crippen LogP contribution in [0.15, 0.2) is 18.2 Å². The molecule has 148 valence electrons. The van der Waals surface area contributed by atoms with E-state index >= 15 is 0 Å². The number of fused-ring (bicyclic) bond motifs is 1. The molecule has 1 atom stereocenters. The molecule has 2 amide bonds. The highest BCUT2D eigenvalue weighted by Gasteiger charge is 2.27. The lowest BCUT2D eigenvalue weighted by atomic mass is 9.89. The Kier molecular flexibility index (Phi) is 6.85. The van der Waals surface area contributed by atoms with Crippen molar-refractivity contribution in [1.82, 2.24) is 15.1 Å². The first-order valence-electron chi connectivity index (χ1n) is 10.3. The van der Waals surface area contributed by atoms with Crippen molar-refractivity contribution in [2.45, 2.75) is 45.1 Å². The number of hydrogen-bond donors (Lipinski definition) is 2. The average Bonchev–Trinajstić information content (AvgIpc) is 2.71. The van der Waals surface area contributed by atoms with Crippen LogP contribution in [0.4, 0.5) is 0 Å². The van der Waals surface area contributed by atoms with E-state index in [9.17, 15) is 9.59 Å². The van der Waals surface area contributed by atoms with Crippen molar-refractivity contribution in [3.63, 3.8) is 0 Å². The number of carbonyl (C=O) groups is 2. The van der Waals surface area contributed by atoms with Crippen molar-refractivity contribution >= 4 is 11.8 Å². The molecule has 1 unspecified atom stereocenters. The zero-order valence-electron chi connectivity index (χ0n) is 16.4. The number of rotatable bonds is 5. The van der Waals surface area contributed by atoms with Gasteiger partial charge in [0.1, 0.15) is 0 Å². The fourth-order valence-electron chi connectivity index (χ4n) is 4.11. The van der Waals surface area contributed by atoms with Gasteiger partial charge in [0, 0.05) is 39.3 Å². The van der Waals surface area contributed by atoms with Crippen molar-refractivity contribution in [3.8, 4) is 0 Å². The minimum Gasteiger partial charge on any atom is -0.341 e. The molecule has 1 aliphatic heterocycles. The Hall–Kier alpha value is -1.92. The van der Waals surface area contributed by atoms with E-state index in [4.69, 9.17) is 5.73 Å². The molecule has 1 saturated heterocycles. The van der Waals surface area contributed by atoms with Gasteiger partial charge < -0.3 is 16.0 Å². The van der Waals surface area contributed by atoms with Crippen LogP contribution < -0.4 is 11.1 Å². The number of nitrogens with two attached hydrogens (primary N) is 1. The molecule has 0 saturated carbocycles. The Bertz CT molecular complexity index is 668. The van der Waals surface area contributed by atoms with Crippen LogP contribution in [0.3, 0.4) is 0 Å². The van der Waals surface area contributed by atoms with E-state index in [0.29, 0.717) is 19.6 Å². The van der Waals surface area contributed by atoms with E-state index in [2.05, 4.69) is 28.4 Å². The molecule has 27 heavy (non-hydrogen) atoms. The smallest absolute Gasteiger partial charge is 0.311 e. The summed E-state index contributed by atoms with van der Waals surface area (Å²) >= 11 is 0. The zero-order chi connectivity index (χ0) is 19.2. The van der Waals surface area contributed by atoms with Gasteiger partial charge in [-0.1, -0.05) is 25.1 Å². The van der Waals surface area contributed by atoms with Crippen LogP contribution in [0.25, 0.3) is 0 Å². The Morgan fingerprint density at radius 2 is 1.81 bits per heavy atom. The Balaban J connectivity index is 1.59. The summed E-state index contributed by atoms with van der Waals surface area (Å²) in [7, 11) is 0. The van der Waals surface area contributed by atoms with Crippen molar-refractivity contribution in [2.24, 2.45) is 5.73 Å². The molecule has 1 aliphatic carbocycles. The second kappa shape index (κ2) is 9.33. The van der Waals surface area contributed by atoms with Gasteiger partial charge >= 0.3 is 11.8 Å². The van der Waals surface area contributed by atoms with Crippen molar-refractivity contribution < 1.29 is 9.59 Å². The van der Waals surface area contributed by atoms with E-state index in [-0.39, 0.29) is 6.04 Å². The monoisotopic (exact) mass is 372 g/mol. The number of piperazine rings is 1. The summed E-state index contributed by atoms with van der Waals surface area (Å²) in [6.45, 7) is 6.22. The summed E-state index contributed by atoms with van der Waals surface area (Å²) in [5.74, 6) is -0.911. The summed E-state index contributed by atoms with van der Waals surface area (Å²) < 4.78 is 0. The van der Waals surface area contributed by atoms with Gasteiger partial charge in [0.15, 0.2) is 0 Å². The molecule has 0 spiro atoms. The lowest BCUT2D eigenvalue weighted by molar-refractivity contribution is -0.147. The fraction of sp³-hybridized carbons (Fsp3) is 0.619. The molecule has 1 fully saturated rings. The Labute approximate surface area is 162 Å². The van der Waals surface area contributed by atoms with Gasteiger partial charge in [-0.3, -0.25) is 14.5 Å². The lowest BCUT2D eigenvalue weighted by Crippen LogP contribution is -2.53. The van der Waals surface area contributed by atoms with Crippen molar-refractivity contribution in [3.05, 3.63) is 34.9 Å². The first-order chi connectivity index (χ1) is 13.1. The summed E-state index contributed by atoms with van der Waals surface area (Å²) in [4.78, 5) is 29.0. The van der Waals surface area contributed by atoms with Crippen LogP contribution in [0, 0.1) is 0 Å². The Morgan fingerprint density at radius 3 is 2.48 bits per heavy atom. The molecule has 1 aromatic carbocycles. The number of nitrogens with zero attached hydrogens (tertiary/aromatic N) is 2. The highest BCUT2D eigenvalue weighted by atomic mass is 16.2. The molecule has 0 aromatic heterocycles. The summed E-state index contributed by atoms with van der Waals surface area (Å²) in [6, 6.07) is 6.40. The van der Waals surface area contributed by atoms with Crippen LogP contribution in [0.1, 0.15) is 48.9 Å². The third-order valence-electron chi connectivity index (χ3n) is 5.79. The van der Waals surface area contributed by atoms with Gasteiger partial charge in [0.2, 0.25) is 0 Å². The minimum absolute atomic E-state index is 0.118. The molecule has 6 heteroatoms. The van der Waals surface area contributed by atoms with Crippen molar-refractivity contribution in [2.75, 3.05) is 39.3 Å². The van der Waals surface area contributed by atoms with Gasteiger partial charge in [-0.2, -0.15) is 0 Å². The van der Waals surface area contributed by atoms with Crippen LogP contribution in [-0.2, 0) is 22.4 Å². The standard InChI is InChI=1S/C21H32N4O2/c1-2-19(18-8-7-16-5-3-4-6-17(16)15-18)23-20(26)21(27)25-13-11-24(10-9-22)12-14-25/h7-8,15,19H,2-6,9-14,22H2,1H3,(H,23,26). The molecular weight excluding hydrogens is 340 g/mol. The summed E-state index contributed by atoms with van der Waals surface area (Å²) in [5, 5.41) is 2.96. The third-order valence-corrected chi connectivity index (χ3v) is 5.79. The summed E-state index contributed by atoms with van der Waals surface area (Å²) in [6.07, 6.45) is 5.51. The second-order valence-corrected chi connectivity index (χ2v) is 7.59. The molecule has 0 radical (unpaired) electrons. The first kappa shape index (κ1) is 19.8. The highest BCUT2D eigenvalue weighted by molar-refractivity contribution is 6.35. The van der Waals surface area contributed by atoms with E-state index in [1.54, 1.807) is 4.90 Å². The van der Waals surface area contributed by atoms with E-state index in [1.807, 2.05) is 6.92 Å². The van der Waals surface area contributed by atoms with E-state index in [0.717, 1.165) is 44.5 Å². The number of hydrogen-bond acceptors (Lipinski definition) is 4. The largest absolute Gasteiger partial charge is 0.341 e. The zero-order valence-corrected chi connectivity index (χ0v) is 16.4. The molecule has 6 nitrogen and oxygen atoms in total. The molecule has 2 aliphatic rings. The SMILES string of the molecule is CCC(NC(=O)C(=O)N1CCN(CCN)CC1)c1ccc2c(c1)CCCC2. The number of amides is 2. The molecule has 1 aromatic rings. The maximum atomic E-state index is 12.5. The quantitative estimate of drug-likeness (QED) is 0.762. The highest BCUT2D eigenvalue weighted by Crippen LogP contribution is 2.26. The fourth-order valence-corrected chi connectivity index (χ4v) is 4.11. The van der Waals surface area contributed by atoms with Crippen LogP contribution in [0.2, 0.25) is 0 Å². The normalized spacial score (nSPS) is 18.7. The average molecular weight is 373 g/mol. The maximum absolute atomic E-state index is 12.5. The number of carbonyl (C=O) groups excluding carboxylic acids is 2. The van der Waals surface area contributed by atoms with Crippen LogP contribution >= 0.6 is 0 Å². The molecule has 1 heterocycles. The maximum Gasteiger partial charge on any atom is 0.311 e. The van der Waals surface area contributed by atoms with Gasteiger partial charge in [-0.25, -0.2) is 0 Å². The van der Waals surface area contributed by atoms with Crippen LogP contribution in [0.5, 0.6) is 0 Å². The topological polar surface area (TPSA) is 78.7 Å². The molecule has 3 N–H and O–H groups in total. The van der Waals surface area contributed by atoms with Gasteiger partial charge in [-0.05, 0) is 48.8 Å². The number of nitrogens with one attached hydrogen (secondary N) is 1. The van der Waals surface area contributed by atoms with E-state index in [1.165, 1.54) is 24.0 Å². The molecular formula is C21H32N4O2. The Morgan fingerprint density at radius 1 is 1.11 bits per heavy atom. The van der Waals surface area contributed by atoms with Gasteiger partial charge in [0.05, 0.1) is 6.04 Å². The van der Waals surface area contributed by atoms with Gasteiger partial charge in [0.25, 0.3) is 0 Å². The minimum atomic E-state index is -0.494. The van der Waals surface area contributed by atoms with Gasteiger partial charge in [-0.15, -0.1) is 0 Å². The first-order valence-corrected chi connectivity index (χ1v) is 10.3. The molecule has 3 rings (SSSR count). The predicted octanol–water partition coefficient (Wildman–Crippen LogP) is 1.24. The number of benzene rings is 1. The number of aryl methyl sites for hydroxylation is 2. The summed E-state index contributed by atoms with van der Waals surface area (Å²) in [5.41, 5.74) is 9.51. The molecule has 0 bridgehead atoms.